The molecule has 0 saturated carbocycles. The van der Waals surface area contributed by atoms with Crippen LogP contribution in [0.5, 0.6) is 0 Å². The number of rotatable bonds is 2. The van der Waals surface area contributed by atoms with E-state index in [4.69, 9.17) is 0 Å². The first-order valence-electron chi connectivity index (χ1n) is 6.05. The van der Waals surface area contributed by atoms with Crippen molar-refractivity contribution in [1.82, 2.24) is 0 Å². The van der Waals surface area contributed by atoms with Crippen molar-refractivity contribution in [3.05, 3.63) is 59.7 Å². The smallest absolute Gasteiger partial charge is 0.00511 e. The minimum Gasteiger partial charge on any atom is -0.0998 e. The summed E-state index contributed by atoms with van der Waals surface area (Å²) in [5.41, 5.74) is 4.29. The van der Waals surface area contributed by atoms with Crippen molar-refractivity contribution >= 4 is 0 Å². The molecule has 0 spiro atoms. The SMILES string of the molecule is C=C(C)[C@@H]1CC=C(C)[C@H](c2ccccc2)C1. The quantitative estimate of drug-likeness (QED) is 0.623. The molecule has 0 saturated heterocycles. The topological polar surface area (TPSA) is 0 Å². The van der Waals surface area contributed by atoms with Crippen molar-refractivity contribution in [3.63, 3.8) is 0 Å². The summed E-state index contributed by atoms with van der Waals surface area (Å²) in [4.78, 5) is 0. The Labute approximate surface area is 98.7 Å². The van der Waals surface area contributed by atoms with Gasteiger partial charge in [-0.25, -0.2) is 0 Å². The first-order valence-corrected chi connectivity index (χ1v) is 6.05. The van der Waals surface area contributed by atoms with Gasteiger partial charge in [-0.1, -0.05) is 54.1 Å². The van der Waals surface area contributed by atoms with Crippen molar-refractivity contribution in [2.24, 2.45) is 5.92 Å². The fraction of sp³-hybridized carbons (Fsp3) is 0.375. The highest BCUT2D eigenvalue weighted by atomic mass is 14.3. The van der Waals surface area contributed by atoms with Gasteiger partial charge in [0, 0.05) is 5.92 Å². The summed E-state index contributed by atoms with van der Waals surface area (Å²) in [7, 11) is 0. The van der Waals surface area contributed by atoms with E-state index in [9.17, 15) is 0 Å². The zero-order chi connectivity index (χ0) is 11.5. The summed E-state index contributed by atoms with van der Waals surface area (Å²) in [6.45, 7) is 8.51. The van der Waals surface area contributed by atoms with Gasteiger partial charge >= 0.3 is 0 Å². The first-order chi connectivity index (χ1) is 7.68. The lowest BCUT2D eigenvalue weighted by atomic mass is 9.76. The molecule has 0 radical (unpaired) electrons. The van der Waals surface area contributed by atoms with E-state index in [1.54, 1.807) is 0 Å². The number of benzene rings is 1. The maximum atomic E-state index is 4.10. The zero-order valence-corrected chi connectivity index (χ0v) is 10.2. The van der Waals surface area contributed by atoms with Gasteiger partial charge < -0.3 is 0 Å². The van der Waals surface area contributed by atoms with Gasteiger partial charge in [-0.05, 0) is 38.2 Å². The van der Waals surface area contributed by atoms with E-state index in [2.05, 4.69) is 56.8 Å². The zero-order valence-electron chi connectivity index (χ0n) is 10.2. The molecule has 84 valence electrons. The normalized spacial score (nSPS) is 25.0. The Morgan fingerprint density at radius 1 is 1.25 bits per heavy atom. The average molecular weight is 212 g/mol. The van der Waals surface area contributed by atoms with Gasteiger partial charge in [0.05, 0.1) is 0 Å². The molecule has 0 heteroatoms. The number of hydrogen-bond donors (Lipinski definition) is 0. The van der Waals surface area contributed by atoms with Crippen LogP contribution >= 0.6 is 0 Å². The molecule has 1 aliphatic rings. The van der Waals surface area contributed by atoms with Crippen molar-refractivity contribution < 1.29 is 0 Å². The lowest BCUT2D eigenvalue weighted by molar-refractivity contribution is 0.496. The molecule has 0 unspecified atom stereocenters. The summed E-state index contributed by atoms with van der Waals surface area (Å²) in [6.07, 6.45) is 4.78. The highest BCUT2D eigenvalue weighted by molar-refractivity contribution is 5.30. The van der Waals surface area contributed by atoms with E-state index in [1.807, 2.05) is 0 Å². The molecule has 0 amide bonds. The van der Waals surface area contributed by atoms with Crippen LogP contribution in [0.4, 0.5) is 0 Å². The highest BCUT2D eigenvalue weighted by Crippen LogP contribution is 2.38. The van der Waals surface area contributed by atoms with Crippen molar-refractivity contribution in [2.75, 3.05) is 0 Å². The van der Waals surface area contributed by atoms with Gasteiger partial charge in [-0.15, -0.1) is 0 Å². The van der Waals surface area contributed by atoms with E-state index in [-0.39, 0.29) is 0 Å². The van der Waals surface area contributed by atoms with Crippen LogP contribution in [0.2, 0.25) is 0 Å². The Balaban J connectivity index is 2.24. The molecule has 0 nitrogen and oxygen atoms in total. The first kappa shape index (κ1) is 11.2. The molecule has 2 rings (SSSR count). The second kappa shape index (κ2) is 4.69. The van der Waals surface area contributed by atoms with Gasteiger partial charge in [0.1, 0.15) is 0 Å². The van der Waals surface area contributed by atoms with Crippen LogP contribution in [0.1, 0.15) is 38.2 Å². The average Bonchev–Trinajstić information content (AvgIpc) is 2.30. The predicted octanol–water partition coefficient (Wildman–Crippen LogP) is 4.70. The largest absolute Gasteiger partial charge is 0.0998 e. The van der Waals surface area contributed by atoms with Crippen LogP contribution in [0.25, 0.3) is 0 Å². The Kier molecular flexibility index (Phi) is 3.28. The number of allylic oxidation sites excluding steroid dienone is 3. The maximum Gasteiger partial charge on any atom is 0.00511 e. The van der Waals surface area contributed by atoms with Gasteiger partial charge in [0.15, 0.2) is 0 Å². The minimum atomic E-state index is 0.594. The van der Waals surface area contributed by atoms with Gasteiger partial charge in [0.2, 0.25) is 0 Å². The predicted molar refractivity (Wildman–Crippen MR) is 70.5 cm³/mol. The van der Waals surface area contributed by atoms with Crippen LogP contribution in [0, 0.1) is 5.92 Å². The van der Waals surface area contributed by atoms with Crippen molar-refractivity contribution in [1.29, 1.82) is 0 Å². The lowest BCUT2D eigenvalue weighted by Crippen LogP contribution is -2.14. The van der Waals surface area contributed by atoms with E-state index in [1.165, 1.54) is 29.6 Å². The van der Waals surface area contributed by atoms with Crippen LogP contribution in [-0.2, 0) is 0 Å². The summed E-state index contributed by atoms with van der Waals surface area (Å²) >= 11 is 0. The van der Waals surface area contributed by atoms with Crippen LogP contribution in [0.15, 0.2) is 54.1 Å². The molecular formula is C16H20. The van der Waals surface area contributed by atoms with Crippen LogP contribution in [-0.4, -0.2) is 0 Å². The Bertz CT molecular complexity index is 397. The minimum absolute atomic E-state index is 0.594. The molecule has 0 aromatic heterocycles. The van der Waals surface area contributed by atoms with Crippen molar-refractivity contribution in [3.8, 4) is 0 Å². The Morgan fingerprint density at radius 3 is 2.56 bits per heavy atom. The summed E-state index contributed by atoms with van der Waals surface area (Å²) in [5.74, 6) is 1.26. The second-order valence-electron chi connectivity index (χ2n) is 4.93. The second-order valence-corrected chi connectivity index (χ2v) is 4.93. The Morgan fingerprint density at radius 2 is 1.94 bits per heavy atom. The molecule has 0 aliphatic heterocycles. The third-order valence-electron chi connectivity index (χ3n) is 3.69. The van der Waals surface area contributed by atoms with E-state index >= 15 is 0 Å². The van der Waals surface area contributed by atoms with E-state index < -0.39 is 0 Å². The fourth-order valence-electron chi connectivity index (χ4n) is 2.52. The molecule has 0 fully saturated rings. The van der Waals surface area contributed by atoms with E-state index in [0.29, 0.717) is 11.8 Å². The van der Waals surface area contributed by atoms with Crippen LogP contribution < -0.4 is 0 Å². The fourth-order valence-corrected chi connectivity index (χ4v) is 2.52. The van der Waals surface area contributed by atoms with Crippen molar-refractivity contribution in [2.45, 2.75) is 32.6 Å². The third kappa shape index (κ3) is 2.27. The molecule has 16 heavy (non-hydrogen) atoms. The Hall–Kier alpha value is -1.30. The molecule has 1 aromatic rings. The van der Waals surface area contributed by atoms with Gasteiger partial charge in [0.25, 0.3) is 0 Å². The maximum absolute atomic E-state index is 4.10. The highest BCUT2D eigenvalue weighted by Gasteiger charge is 2.23. The van der Waals surface area contributed by atoms with E-state index in [0.717, 1.165) is 0 Å². The number of hydrogen-bond acceptors (Lipinski definition) is 0. The third-order valence-corrected chi connectivity index (χ3v) is 3.69. The monoisotopic (exact) mass is 212 g/mol. The summed E-state index contributed by atoms with van der Waals surface area (Å²) < 4.78 is 0. The molecule has 0 heterocycles. The molecule has 0 bridgehead atoms. The molecular weight excluding hydrogens is 192 g/mol. The molecule has 1 aromatic carbocycles. The molecule has 0 N–H and O–H groups in total. The molecule has 1 aliphatic carbocycles. The summed E-state index contributed by atoms with van der Waals surface area (Å²) in [6, 6.07) is 10.8. The van der Waals surface area contributed by atoms with Gasteiger partial charge in [-0.3, -0.25) is 0 Å². The summed E-state index contributed by atoms with van der Waals surface area (Å²) in [5, 5.41) is 0. The standard InChI is InChI=1S/C16H20/c1-12(2)15-10-9-13(3)16(11-15)14-7-5-4-6-8-14/h4-9,15-16H,1,10-11H2,2-3H3/t15-,16-/m1/s1. The lowest BCUT2D eigenvalue weighted by Gasteiger charge is -2.29. The van der Waals surface area contributed by atoms with Crippen LogP contribution in [0.3, 0.4) is 0 Å². The molecule has 2 atom stereocenters. The van der Waals surface area contributed by atoms with Gasteiger partial charge in [-0.2, -0.15) is 0 Å².